The minimum absolute atomic E-state index is 0.155. The zero-order chi connectivity index (χ0) is 17.5. The molecule has 2 aromatic rings. The lowest BCUT2D eigenvalue weighted by molar-refractivity contribution is -0.115. The maximum Gasteiger partial charge on any atom is 0.338 e. The minimum Gasteiger partial charge on any atom is -0.462 e. The number of esters is 1. The van der Waals surface area contributed by atoms with Crippen LogP contribution in [0.3, 0.4) is 0 Å². The van der Waals surface area contributed by atoms with E-state index in [1.807, 2.05) is 30.3 Å². The first-order valence-corrected chi connectivity index (χ1v) is 9.27. The van der Waals surface area contributed by atoms with Crippen LogP contribution in [-0.2, 0) is 9.53 Å². The Morgan fingerprint density at radius 2 is 1.67 bits per heavy atom. The molecule has 126 valence electrons. The molecule has 0 heterocycles. The van der Waals surface area contributed by atoms with Gasteiger partial charge in [0.05, 0.1) is 17.0 Å². The van der Waals surface area contributed by atoms with Gasteiger partial charge in [-0.05, 0) is 36.8 Å². The topological polar surface area (TPSA) is 55.4 Å². The molecular weight excluding hydrogens is 438 g/mol. The maximum absolute atomic E-state index is 12.4. The standard InChI is InChI=1S/C18H17Br2NO3/c1-2-24-18(23)13-8-10-14(11-9-13)21-17(22)16(20)15(19)12-6-4-3-5-7-12/h3-11,15-16H,2H2,1H3,(H,21,22)/t15-,16-/m0/s1. The molecule has 0 aliphatic carbocycles. The van der Waals surface area contributed by atoms with Gasteiger partial charge in [-0.2, -0.15) is 0 Å². The number of alkyl halides is 2. The fourth-order valence-corrected chi connectivity index (χ4v) is 3.02. The Balaban J connectivity index is 2.00. The van der Waals surface area contributed by atoms with E-state index in [9.17, 15) is 9.59 Å². The third-order valence-corrected chi connectivity index (χ3v) is 6.00. The van der Waals surface area contributed by atoms with Crippen LogP contribution in [0.4, 0.5) is 5.69 Å². The van der Waals surface area contributed by atoms with Crippen LogP contribution < -0.4 is 5.32 Å². The van der Waals surface area contributed by atoms with Crippen molar-refractivity contribution >= 4 is 49.4 Å². The van der Waals surface area contributed by atoms with Crippen molar-refractivity contribution in [3.05, 3.63) is 65.7 Å². The van der Waals surface area contributed by atoms with E-state index in [0.717, 1.165) is 5.56 Å². The van der Waals surface area contributed by atoms with Crippen molar-refractivity contribution < 1.29 is 14.3 Å². The molecule has 1 amide bonds. The number of ether oxygens (including phenoxy) is 1. The lowest BCUT2D eigenvalue weighted by Crippen LogP contribution is -2.26. The van der Waals surface area contributed by atoms with Crippen molar-refractivity contribution in [2.24, 2.45) is 0 Å². The average Bonchev–Trinajstić information content (AvgIpc) is 2.62. The number of anilines is 1. The molecule has 6 heteroatoms. The van der Waals surface area contributed by atoms with E-state index in [0.29, 0.717) is 17.9 Å². The molecule has 2 atom stereocenters. The summed E-state index contributed by atoms with van der Waals surface area (Å²) in [7, 11) is 0. The molecule has 0 saturated heterocycles. The van der Waals surface area contributed by atoms with Crippen molar-refractivity contribution in [2.75, 3.05) is 11.9 Å². The van der Waals surface area contributed by atoms with E-state index in [4.69, 9.17) is 4.74 Å². The lowest BCUT2D eigenvalue weighted by Gasteiger charge is -2.17. The molecule has 0 unspecified atom stereocenters. The highest BCUT2D eigenvalue weighted by Gasteiger charge is 2.25. The summed E-state index contributed by atoms with van der Waals surface area (Å²) in [4.78, 5) is 23.4. The fraction of sp³-hybridized carbons (Fsp3) is 0.222. The number of rotatable bonds is 6. The van der Waals surface area contributed by atoms with Gasteiger partial charge in [0.25, 0.3) is 0 Å². The van der Waals surface area contributed by atoms with Crippen molar-refractivity contribution in [2.45, 2.75) is 16.6 Å². The summed E-state index contributed by atoms with van der Waals surface area (Å²) in [5, 5.41) is 2.82. The molecule has 0 bridgehead atoms. The third-order valence-electron chi connectivity index (χ3n) is 3.29. The monoisotopic (exact) mass is 453 g/mol. The van der Waals surface area contributed by atoms with Gasteiger partial charge in [-0.3, -0.25) is 4.79 Å². The molecular formula is C18H17Br2NO3. The van der Waals surface area contributed by atoms with Gasteiger partial charge >= 0.3 is 5.97 Å². The highest BCUT2D eigenvalue weighted by Crippen LogP contribution is 2.31. The van der Waals surface area contributed by atoms with Crippen LogP contribution in [0.1, 0.15) is 27.7 Å². The van der Waals surface area contributed by atoms with Gasteiger partial charge in [0.2, 0.25) is 5.91 Å². The van der Waals surface area contributed by atoms with Gasteiger partial charge in [-0.15, -0.1) is 0 Å². The number of hydrogen-bond donors (Lipinski definition) is 1. The van der Waals surface area contributed by atoms with Gasteiger partial charge in [0.15, 0.2) is 0 Å². The van der Waals surface area contributed by atoms with Gasteiger partial charge in [-0.25, -0.2) is 4.79 Å². The van der Waals surface area contributed by atoms with Crippen molar-refractivity contribution in [3.63, 3.8) is 0 Å². The summed E-state index contributed by atoms with van der Waals surface area (Å²) in [5.41, 5.74) is 2.07. The molecule has 0 fully saturated rings. The predicted octanol–water partition coefficient (Wildman–Crippen LogP) is 4.70. The summed E-state index contributed by atoms with van der Waals surface area (Å²) in [6.07, 6.45) is 0. The zero-order valence-corrected chi connectivity index (χ0v) is 16.2. The predicted molar refractivity (Wildman–Crippen MR) is 102 cm³/mol. The Kier molecular flexibility index (Phi) is 6.99. The molecule has 4 nitrogen and oxygen atoms in total. The number of carbonyl (C=O) groups is 2. The summed E-state index contributed by atoms with van der Waals surface area (Å²) in [6.45, 7) is 2.08. The quantitative estimate of drug-likeness (QED) is 0.508. The molecule has 2 rings (SSSR count). The number of amides is 1. The zero-order valence-electron chi connectivity index (χ0n) is 13.0. The van der Waals surface area contributed by atoms with Gasteiger partial charge in [0, 0.05) is 5.69 Å². The molecule has 0 spiro atoms. The lowest BCUT2D eigenvalue weighted by atomic mass is 10.1. The molecule has 0 aliphatic rings. The minimum atomic E-state index is -0.440. The number of hydrogen-bond acceptors (Lipinski definition) is 3. The number of nitrogens with one attached hydrogen (secondary N) is 1. The summed E-state index contributed by atoms with van der Waals surface area (Å²) < 4.78 is 4.93. The van der Waals surface area contributed by atoms with Crippen LogP contribution in [-0.4, -0.2) is 23.3 Å². The highest BCUT2D eigenvalue weighted by molar-refractivity contribution is 9.12. The normalized spacial score (nSPS) is 13.0. The second-order valence-corrected chi connectivity index (χ2v) is 6.97. The molecule has 2 aromatic carbocycles. The molecule has 0 aromatic heterocycles. The van der Waals surface area contributed by atoms with Crippen LogP contribution in [0, 0.1) is 0 Å². The second-order valence-electron chi connectivity index (χ2n) is 5.00. The van der Waals surface area contributed by atoms with Crippen molar-refractivity contribution in [1.82, 2.24) is 0 Å². The van der Waals surface area contributed by atoms with E-state index in [2.05, 4.69) is 37.2 Å². The average molecular weight is 455 g/mol. The number of carbonyl (C=O) groups excluding carboxylic acids is 2. The smallest absolute Gasteiger partial charge is 0.338 e. The molecule has 0 radical (unpaired) electrons. The molecule has 0 saturated carbocycles. The van der Waals surface area contributed by atoms with E-state index in [1.54, 1.807) is 31.2 Å². The third kappa shape index (κ3) is 4.92. The van der Waals surface area contributed by atoms with Crippen molar-refractivity contribution in [1.29, 1.82) is 0 Å². The van der Waals surface area contributed by atoms with Gasteiger partial charge < -0.3 is 10.1 Å². The first-order valence-electron chi connectivity index (χ1n) is 7.44. The number of benzene rings is 2. The van der Waals surface area contributed by atoms with E-state index in [1.165, 1.54) is 0 Å². The largest absolute Gasteiger partial charge is 0.462 e. The van der Waals surface area contributed by atoms with Gasteiger partial charge in [-0.1, -0.05) is 62.2 Å². The summed E-state index contributed by atoms with van der Waals surface area (Å²) in [6, 6.07) is 16.3. The first kappa shape index (κ1) is 18.7. The molecule has 0 aliphatic heterocycles. The van der Waals surface area contributed by atoms with E-state index < -0.39 is 4.83 Å². The first-order chi connectivity index (χ1) is 11.5. The summed E-state index contributed by atoms with van der Waals surface area (Å²) in [5.74, 6) is -0.553. The molecule has 24 heavy (non-hydrogen) atoms. The Labute approximate surface area is 157 Å². The van der Waals surface area contributed by atoms with Crippen LogP contribution in [0.25, 0.3) is 0 Å². The van der Waals surface area contributed by atoms with Crippen LogP contribution in [0.2, 0.25) is 0 Å². The Hall–Kier alpha value is -1.66. The Morgan fingerprint density at radius 3 is 2.25 bits per heavy atom. The fourth-order valence-electron chi connectivity index (χ4n) is 2.05. The van der Waals surface area contributed by atoms with Gasteiger partial charge in [0.1, 0.15) is 4.83 Å². The van der Waals surface area contributed by atoms with Crippen LogP contribution in [0.15, 0.2) is 54.6 Å². The second kappa shape index (κ2) is 8.99. The Morgan fingerprint density at radius 1 is 1.04 bits per heavy atom. The van der Waals surface area contributed by atoms with Crippen LogP contribution in [0.5, 0.6) is 0 Å². The maximum atomic E-state index is 12.4. The van der Waals surface area contributed by atoms with E-state index in [-0.39, 0.29) is 16.7 Å². The number of halogens is 2. The van der Waals surface area contributed by atoms with E-state index >= 15 is 0 Å². The Bertz CT molecular complexity index is 689. The van der Waals surface area contributed by atoms with Crippen LogP contribution >= 0.6 is 31.9 Å². The molecule has 1 N–H and O–H groups in total. The summed E-state index contributed by atoms with van der Waals surface area (Å²) >= 11 is 6.97. The SMILES string of the molecule is CCOC(=O)c1ccc(NC(=O)[C@@H](Br)[C@@H](Br)c2ccccc2)cc1. The highest BCUT2D eigenvalue weighted by atomic mass is 79.9. The van der Waals surface area contributed by atoms with Crippen molar-refractivity contribution in [3.8, 4) is 0 Å².